The van der Waals surface area contributed by atoms with Crippen molar-refractivity contribution in [3.05, 3.63) is 0 Å². The van der Waals surface area contributed by atoms with E-state index in [1.807, 2.05) is 0 Å². The van der Waals surface area contributed by atoms with Crippen LogP contribution in [-0.2, 0) is 0 Å². The van der Waals surface area contributed by atoms with Gasteiger partial charge in [-0.2, -0.15) is 0 Å². The van der Waals surface area contributed by atoms with E-state index in [0.717, 1.165) is 12.0 Å². The lowest BCUT2D eigenvalue weighted by Crippen LogP contribution is -2.39. The first kappa shape index (κ1) is 16.0. The summed E-state index contributed by atoms with van der Waals surface area (Å²) in [4.78, 5) is 0. The number of unbranched alkanes of at least 4 members (excludes halogenated alkanes) is 2. The van der Waals surface area contributed by atoms with E-state index in [2.05, 4.69) is 33.0 Å². The van der Waals surface area contributed by atoms with Gasteiger partial charge in [-0.1, -0.05) is 66.2 Å². The molecule has 108 valence electrons. The van der Waals surface area contributed by atoms with Gasteiger partial charge in [-0.15, -0.1) is 0 Å². The number of hydrogen-bond donors (Lipinski definition) is 1. The summed E-state index contributed by atoms with van der Waals surface area (Å²) in [6.07, 6.45) is 12.6. The molecular weight excluding hydrogens is 218 g/mol. The molecule has 1 aliphatic carbocycles. The maximum atomic E-state index is 3.85. The molecule has 18 heavy (non-hydrogen) atoms. The van der Waals surface area contributed by atoms with Gasteiger partial charge in [0.05, 0.1) is 0 Å². The zero-order valence-electron chi connectivity index (χ0n) is 13.2. The fraction of sp³-hybridized carbons (Fsp3) is 1.00. The van der Waals surface area contributed by atoms with Gasteiger partial charge < -0.3 is 5.32 Å². The Balaban J connectivity index is 2.21. The SMILES string of the molecule is CCCCCC(C)(C)CNC1CCCC(CC)C1. The highest BCUT2D eigenvalue weighted by atomic mass is 14.9. The average molecular weight is 253 g/mol. The third kappa shape index (κ3) is 6.22. The predicted molar refractivity (Wildman–Crippen MR) is 82.0 cm³/mol. The third-order valence-corrected chi connectivity index (χ3v) is 4.69. The quantitative estimate of drug-likeness (QED) is 0.590. The van der Waals surface area contributed by atoms with Crippen LogP contribution in [0.4, 0.5) is 0 Å². The molecule has 1 N–H and O–H groups in total. The van der Waals surface area contributed by atoms with E-state index in [0.29, 0.717) is 5.41 Å². The van der Waals surface area contributed by atoms with Gasteiger partial charge >= 0.3 is 0 Å². The Hall–Kier alpha value is -0.0400. The van der Waals surface area contributed by atoms with E-state index >= 15 is 0 Å². The maximum absolute atomic E-state index is 3.85. The van der Waals surface area contributed by atoms with Gasteiger partial charge in [0.2, 0.25) is 0 Å². The van der Waals surface area contributed by atoms with E-state index in [9.17, 15) is 0 Å². The smallest absolute Gasteiger partial charge is 0.00699 e. The summed E-state index contributed by atoms with van der Waals surface area (Å²) in [6.45, 7) is 10.7. The van der Waals surface area contributed by atoms with Crippen LogP contribution in [-0.4, -0.2) is 12.6 Å². The fourth-order valence-corrected chi connectivity index (χ4v) is 3.21. The van der Waals surface area contributed by atoms with Crippen LogP contribution in [0.3, 0.4) is 0 Å². The number of hydrogen-bond acceptors (Lipinski definition) is 1. The van der Waals surface area contributed by atoms with Crippen molar-refractivity contribution in [2.75, 3.05) is 6.54 Å². The highest BCUT2D eigenvalue weighted by molar-refractivity contribution is 4.80. The molecule has 0 aromatic rings. The summed E-state index contributed by atoms with van der Waals surface area (Å²) in [6, 6.07) is 0.800. The minimum atomic E-state index is 0.480. The summed E-state index contributed by atoms with van der Waals surface area (Å²) in [5.74, 6) is 0.986. The Morgan fingerprint density at radius 1 is 1.11 bits per heavy atom. The number of nitrogens with one attached hydrogen (secondary N) is 1. The van der Waals surface area contributed by atoms with Crippen LogP contribution in [0.1, 0.15) is 85.5 Å². The van der Waals surface area contributed by atoms with Gasteiger partial charge in [-0.3, -0.25) is 0 Å². The van der Waals surface area contributed by atoms with E-state index in [1.54, 1.807) is 0 Å². The Morgan fingerprint density at radius 3 is 2.56 bits per heavy atom. The van der Waals surface area contributed by atoms with Gasteiger partial charge in [0.25, 0.3) is 0 Å². The molecule has 1 aliphatic rings. The lowest BCUT2D eigenvalue weighted by Gasteiger charge is -2.33. The second-order valence-corrected chi connectivity index (χ2v) is 7.14. The molecule has 1 rings (SSSR count). The standard InChI is InChI=1S/C17H35N/c1-5-7-8-12-17(3,4)14-18-16-11-9-10-15(6-2)13-16/h15-16,18H,5-14H2,1-4H3. The molecule has 0 radical (unpaired) electrons. The predicted octanol–water partition coefficient (Wildman–Crippen LogP) is 5.15. The van der Waals surface area contributed by atoms with Crippen LogP contribution >= 0.6 is 0 Å². The molecule has 0 heterocycles. The zero-order valence-corrected chi connectivity index (χ0v) is 13.2. The molecule has 0 bridgehead atoms. The largest absolute Gasteiger partial charge is 0.313 e. The van der Waals surface area contributed by atoms with Crippen molar-refractivity contribution < 1.29 is 0 Å². The van der Waals surface area contributed by atoms with E-state index < -0.39 is 0 Å². The second kappa shape index (κ2) is 8.19. The summed E-state index contributed by atoms with van der Waals surface area (Å²) >= 11 is 0. The molecular formula is C17H35N. The van der Waals surface area contributed by atoms with Gasteiger partial charge in [0.15, 0.2) is 0 Å². The Labute approximate surface area is 115 Å². The summed E-state index contributed by atoms with van der Waals surface area (Å²) in [7, 11) is 0. The highest BCUT2D eigenvalue weighted by Gasteiger charge is 2.23. The topological polar surface area (TPSA) is 12.0 Å². The van der Waals surface area contributed by atoms with Crippen LogP contribution in [0.5, 0.6) is 0 Å². The molecule has 0 amide bonds. The van der Waals surface area contributed by atoms with Crippen molar-refractivity contribution in [1.29, 1.82) is 0 Å². The van der Waals surface area contributed by atoms with Crippen molar-refractivity contribution in [3.63, 3.8) is 0 Å². The van der Waals surface area contributed by atoms with Gasteiger partial charge in [-0.25, -0.2) is 0 Å². The highest BCUT2D eigenvalue weighted by Crippen LogP contribution is 2.28. The first-order valence-electron chi connectivity index (χ1n) is 8.30. The minimum absolute atomic E-state index is 0.480. The summed E-state index contributed by atoms with van der Waals surface area (Å²) in [5, 5.41) is 3.85. The molecule has 0 aromatic heterocycles. The lowest BCUT2D eigenvalue weighted by molar-refractivity contribution is 0.235. The normalized spacial score (nSPS) is 25.3. The van der Waals surface area contributed by atoms with Crippen LogP contribution in [0.25, 0.3) is 0 Å². The monoisotopic (exact) mass is 253 g/mol. The molecule has 1 saturated carbocycles. The molecule has 0 saturated heterocycles. The van der Waals surface area contributed by atoms with Gasteiger partial charge in [0.1, 0.15) is 0 Å². The Morgan fingerprint density at radius 2 is 1.89 bits per heavy atom. The van der Waals surface area contributed by atoms with Gasteiger partial charge in [0, 0.05) is 12.6 Å². The van der Waals surface area contributed by atoms with Crippen LogP contribution < -0.4 is 5.32 Å². The van der Waals surface area contributed by atoms with Crippen LogP contribution in [0.2, 0.25) is 0 Å². The maximum Gasteiger partial charge on any atom is 0.00699 e. The minimum Gasteiger partial charge on any atom is -0.313 e. The number of rotatable bonds is 8. The summed E-state index contributed by atoms with van der Waals surface area (Å²) in [5.41, 5.74) is 0.480. The molecule has 2 unspecified atom stereocenters. The molecule has 0 spiro atoms. The first-order chi connectivity index (χ1) is 8.57. The lowest BCUT2D eigenvalue weighted by atomic mass is 9.82. The molecule has 0 aromatic carbocycles. The van der Waals surface area contributed by atoms with Crippen molar-refractivity contribution >= 4 is 0 Å². The fourth-order valence-electron chi connectivity index (χ4n) is 3.21. The van der Waals surface area contributed by atoms with Gasteiger partial charge in [-0.05, 0) is 30.6 Å². The molecule has 1 heteroatoms. The molecule has 1 fully saturated rings. The van der Waals surface area contributed by atoms with Crippen molar-refractivity contribution in [3.8, 4) is 0 Å². The molecule has 0 aliphatic heterocycles. The molecule has 2 atom stereocenters. The van der Waals surface area contributed by atoms with E-state index in [-0.39, 0.29) is 0 Å². The third-order valence-electron chi connectivity index (χ3n) is 4.69. The average Bonchev–Trinajstić information content (AvgIpc) is 2.37. The second-order valence-electron chi connectivity index (χ2n) is 7.14. The summed E-state index contributed by atoms with van der Waals surface area (Å²) < 4.78 is 0. The molecule has 1 nitrogen and oxygen atoms in total. The Kier molecular flexibility index (Phi) is 7.29. The van der Waals surface area contributed by atoms with Crippen LogP contribution in [0, 0.1) is 11.3 Å². The van der Waals surface area contributed by atoms with Crippen LogP contribution in [0.15, 0.2) is 0 Å². The Bertz CT molecular complexity index is 210. The van der Waals surface area contributed by atoms with Crippen molar-refractivity contribution in [1.82, 2.24) is 5.32 Å². The van der Waals surface area contributed by atoms with E-state index in [4.69, 9.17) is 0 Å². The first-order valence-corrected chi connectivity index (χ1v) is 8.30. The zero-order chi connectivity index (χ0) is 13.4. The van der Waals surface area contributed by atoms with E-state index in [1.165, 1.54) is 64.3 Å². The van der Waals surface area contributed by atoms with Crippen molar-refractivity contribution in [2.45, 2.75) is 91.5 Å². The van der Waals surface area contributed by atoms with Crippen molar-refractivity contribution in [2.24, 2.45) is 11.3 Å².